The molecule has 0 saturated carbocycles. The zero-order valence-corrected chi connectivity index (χ0v) is 11.9. The molecule has 0 fully saturated rings. The molecule has 2 heterocycles. The van der Waals surface area contributed by atoms with Crippen molar-refractivity contribution in [3.63, 3.8) is 0 Å². The Morgan fingerprint density at radius 3 is 3.00 bits per heavy atom. The van der Waals surface area contributed by atoms with E-state index in [2.05, 4.69) is 35.5 Å². The molecule has 0 bridgehead atoms. The average molecular weight is 298 g/mol. The van der Waals surface area contributed by atoms with Crippen LogP contribution in [0.2, 0.25) is 5.28 Å². The molecule has 0 aliphatic rings. The highest BCUT2D eigenvalue weighted by molar-refractivity contribution is 6.28. The summed E-state index contributed by atoms with van der Waals surface area (Å²) in [4.78, 5) is 16.1. The van der Waals surface area contributed by atoms with E-state index in [1.165, 1.54) is 6.33 Å². The van der Waals surface area contributed by atoms with Crippen LogP contribution in [0.25, 0.3) is 0 Å². The van der Waals surface area contributed by atoms with Gasteiger partial charge in [-0.2, -0.15) is 20.1 Å². The first kappa shape index (κ1) is 14.4. The summed E-state index contributed by atoms with van der Waals surface area (Å²) in [5.74, 6) is 1.26. The second-order valence-electron chi connectivity index (χ2n) is 4.02. The van der Waals surface area contributed by atoms with Crippen molar-refractivity contribution in [2.75, 3.05) is 18.5 Å². The minimum absolute atomic E-state index is 0.115. The molecule has 2 N–H and O–H groups in total. The van der Waals surface area contributed by atoms with Crippen LogP contribution in [0.3, 0.4) is 0 Å². The first-order valence-electron chi connectivity index (χ1n) is 6.40. The number of nitrogens with one attached hydrogen (secondary N) is 2. The van der Waals surface area contributed by atoms with E-state index in [9.17, 15) is 0 Å². The van der Waals surface area contributed by atoms with Gasteiger partial charge in [-0.05, 0) is 24.4 Å². The van der Waals surface area contributed by atoms with Crippen LogP contribution in [0.5, 0.6) is 6.01 Å². The molecule has 0 atom stereocenters. The summed E-state index contributed by atoms with van der Waals surface area (Å²) >= 11 is 5.82. The zero-order chi connectivity index (χ0) is 14.2. The highest BCUT2D eigenvalue weighted by Crippen LogP contribution is 2.11. The largest absolute Gasteiger partial charge is 0.463 e. The molecule has 0 saturated heterocycles. The molecular weight excluding hydrogens is 282 g/mol. The summed E-state index contributed by atoms with van der Waals surface area (Å²) in [5, 5.41) is 9.78. The molecule has 8 nitrogen and oxygen atoms in total. The number of aryl methyl sites for hydroxylation is 1. The Labute approximate surface area is 121 Å². The third-order valence-corrected chi connectivity index (χ3v) is 2.53. The Hall–Kier alpha value is -1.96. The van der Waals surface area contributed by atoms with Crippen LogP contribution in [-0.2, 0) is 6.42 Å². The minimum Gasteiger partial charge on any atom is -0.463 e. The fourth-order valence-corrected chi connectivity index (χ4v) is 1.63. The number of hydrogen-bond donors (Lipinski definition) is 2. The fraction of sp³-hybridized carbons (Fsp3) is 0.545. The molecule has 0 aromatic carbocycles. The molecule has 2 rings (SSSR count). The second-order valence-corrected chi connectivity index (χ2v) is 4.36. The maximum Gasteiger partial charge on any atom is 0.322 e. The van der Waals surface area contributed by atoms with Crippen LogP contribution in [-0.4, -0.2) is 43.3 Å². The van der Waals surface area contributed by atoms with E-state index in [1.54, 1.807) is 0 Å². The minimum atomic E-state index is 0.115. The van der Waals surface area contributed by atoms with Gasteiger partial charge in [-0.1, -0.05) is 6.92 Å². The van der Waals surface area contributed by atoms with Gasteiger partial charge in [0.15, 0.2) is 0 Å². The summed E-state index contributed by atoms with van der Waals surface area (Å²) in [6.07, 6.45) is 4.03. The molecule has 2 aromatic rings. The van der Waals surface area contributed by atoms with Gasteiger partial charge in [0.2, 0.25) is 11.2 Å². The summed E-state index contributed by atoms with van der Waals surface area (Å²) in [6.45, 7) is 3.24. The SMILES string of the molecule is CCCOc1nc(Cl)nc(NCCCc2ncn[nH]2)n1. The van der Waals surface area contributed by atoms with Gasteiger partial charge in [0.1, 0.15) is 12.2 Å². The molecule has 0 spiro atoms. The van der Waals surface area contributed by atoms with E-state index in [-0.39, 0.29) is 11.3 Å². The van der Waals surface area contributed by atoms with Gasteiger partial charge in [-0.15, -0.1) is 0 Å². The van der Waals surface area contributed by atoms with Crippen LogP contribution in [0.4, 0.5) is 5.95 Å². The molecule has 108 valence electrons. The van der Waals surface area contributed by atoms with Crippen LogP contribution in [0.15, 0.2) is 6.33 Å². The van der Waals surface area contributed by atoms with Crippen LogP contribution in [0.1, 0.15) is 25.6 Å². The van der Waals surface area contributed by atoms with Gasteiger partial charge in [-0.3, -0.25) is 5.10 Å². The molecule has 0 aliphatic heterocycles. The van der Waals surface area contributed by atoms with Crippen LogP contribution < -0.4 is 10.1 Å². The quantitative estimate of drug-likeness (QED) is 0.711. The molecule has 9 heteroatoms. The predicted octanol–water partition coefficient (Wildman–Crippen LogP) is 1.48. The number of rotatable bonds is 8. The number of aromatic amines is 1. The first-order chi connectivity index (χ1) is 9.78. The van der Waals surface area contributed by atoms with Crippen LogP contribution >= 0.6 is 11.6 Å². The van der Waals surface area contributed by atoms with Gasteiger partial charge >= 0.3 is 6.01 Å². The van der Waals surface area contributed by atoms with Gasteiger partial charge < -0.3 is 10.1 Å². The summed E-state index contributed by atoms with van der Waals surface area (Å²) in [7, 11) is 0. The second kappa shape index (κ2) is 7.59. The van der Waals surface area contributed by atoms with Crippen molar-refractivity contribution in [1.29, 1.82) is 0 Å². The number of aromatic nitrogens is 6. The predicted molar refractivity (Wildman–Crippen MR) is 73.8 cm³/mol. The Kier molecular flexibility index (Phi) is 5.48. The number of nitrogens with zero attached hydrogens (tertiary/aromatic N) is 5. The van der Waals surface area contributed by atoms with E-state index in [1.807, 2.05) is 6.92 Å². The molecule has 2 aromatic heterocycles. The van der Waals surface area contributed by atoms with E-state index in [4.69, 9.17) is 16.3 Å². The summed E-state index contributed by atoms with van der Waals surface area (Å²) in [5.41, 5.74) is 0. The van der Waals surface area contributed by atoms with Gasteiger partial charge in [0, 0.05) is 13.0 Å². The standard InChI is InChI=1S/C11H16ClN7O/c1-2-6-20-11-17-9(12)16-10(18-11)13-5-3-4-8-14-7-15-19-8/h7H,2-6H2,1H3,(H,14,15,19)(H,13,16,17,18). The topological polar surface area (TPSA) is 102 Å². The zero-order valence-electron chi connectivity index (χ0n) is 11.1. The number of H-pyrrole nitrogens is 1. The fourth-order valence-electron chi connectivity index (χ4n) is 1.48. The molecule has 20 heavy (non-hydrogen) atoms. The Morgan fingerprint density at radius 1 is 1.35 bits per heavy atom. The lowest BCUT2D eigenvalue weighted by atomic mass is 10.3. The van der Waals surface area contributed by atoms with E-state index in [0.29, 0.717) is 19.1 Å². The number of halogens is 1. The van der Waals surface area contributed by atoms with Crippen molar-refractivity contribution < 1.29 is 4.74 Å². The lowest BCUT2D eigenvalue weighted by molar-refractivity contribution is 0.291. The molecule has 0 unspecified atom stereocenters. The van der Waals surface area contributed by atoms with Crippen molar-refractivity contribution in [3.05, 3.63) is 17.4 Å². The third-order valence-electron chi connectivity index (χ3n) is 2.36. The van der Waals surface area contributed by atoms with Crippen molar-refractivity contribution in [1.82, 2.24) is 30.1 Å². The lowest BCUT2D eigenvalue weighted by Crippen LogP contribution is -2.09. The Balaban J connectivity index is 1.80. The molecular formula is C11H16ClN7O. The van der Waals surface area contributed by atoms with Crippen molar-refractivity contribution in [2.45, 2.75) is 26.2 Å². The van der Waals surface area contributed by atoms with Gasteiger partial charge in [-0.25, -0.2) is 4.98 Å². The van der Waals surface area contributed by atoms with Gasteiger partial charge in [0.05, 0.1) is 6.61 Å². The molecule has 0 amide bonds. The van der Waals surface area contributed by atoms with Gasteiger partial charge in [0.25, 0.3) is 0 Å². The first-order valence-corrected chi connectivity index (χ1v) is 6.78. The number of hydrogen-bond acceptors (Lipinski definition) is 7. The van der Waals surface area contributed by atoms with E-state index < -0.39 is 0 Å². The number of anilines is 1. The highest BCUT2D eigenvalue weighted by Gasteiger charge is 2.05. The van der Waals surface area contributed by atoms with E-state index >= 15 is 0 Å². The smallest absolute Gasteiger partial charge is 0.322 e. The third kappa shape index (κ3) is 4.61. The lowest BCUT2D eigenvalue weighted by Gasteiger charge is -2.06. The van der Waals surface area contributed by atoms with E-state index in [0.717, 1.165) is 25.1 Å². The maximum atomic E-state index is 5.82. The summed E-state index contributed by atoms with van der Waals surface area (Å²) < 4.78 is 5.33. The van der Waals surface area contributed by atoms with Crippen molar-refractivity contribution in [2.24, 2.45) is 0 Å². The Morgan fingerprint density at radius 2 is 2.25 bits per heavy atom. The molecule has 0 aliphatic carbocycles. The highest BCUT2D eigenvalue weighted by atomic mass is 35.5. The Bertz CT molecular complexity index is 519. The van der Waals surface area contributed by atoms with Crippen molar-refractivity contribution >= 4 is 17.5 Å². The summed E-state index contributed by atoms with van der Waals surface area (Å²) in [6, 6.07) is 0.240. The van der Waals surface area contributed by atoms with Crippen LogP contribution in [0, 0.1) is 0 Å². The average Bonchev–Trinajstić information content (AvgIpc) is 2.94. The maximum absolute atomic E-state index is 5.82. The van der Waals surface area contributed by atoms with Crippen molar-refractivity contribution in [3.8, 4) is 6.01 Å². The number of ether oxygens (including phenoxy) is 1. The monoisotopic (exact) mass is 297 g/mol. The molecule has 0 radical (unpaired) electrons. The normalized spacial score (nSPS) is 10.5.